The van der Waals surface area contributed by atoms with Crippen LogP contribution in [0.5, 0.6) is 17.2 Å². The van der Waals surface area contributed by atoms with Gasteiger partial charge >= 0.3 is 6.03 Å². The number of carbonyl (C=O) groups excluding carboxylic acids is 1. The Labute approximate surface area is 198 Å². The molecule has 2 aromatic heterocycles. The number of para-hydroxylation sites is 1. The molecule has 2 aromatic carbocycles. The van der Waals surface area contributed by atoms with Gasteiger partial charge in [0.25, 0.3) is 0 Å². The van der Waals surface area contributed by atoms with Crippen molar-refractivity contribution in [3.63, 3.8) is 0 Å². The molecule has 0 bridgehead atoms. The molecule has 12 heteroatoms. The topological polar surface area (TPSA) is 145 Å². The lowest BCUT2D eigenvalue weighted by molar-refractivity contribution is 0.254. The van der Waals surface area contributed by atoms with E-state index in [1.54, 1.807) is 24.3 Å². The number of nitrogens with zero attached hydrogens (tertiary/aromatic N) is 7. The number of aromatic nitrogens is 5. The van der Waals surface area contributed by atoms with Crippen molar-refractivity contribution in [1.82, 2.24) is 25.2 Å². The number of halogens is 1. The number of allylic oxidation sites excluding steroid dienone is 1. The Balaban J connectivity index is 1.56. The summed E-state index contributed by atoms with van der Waals surface area (Å²) >= 11 is 0. The summed E-state index contributed by atoms with van der Waals surface area (Å²) in [6, 6.07) is 11.0. The molecule has 0 atom stereocenters. The summed E-state index contributed by atoms with van der Waals surface area (Å²) in [7, 11) is 0. The van der Waals surface area contributed by atoms with Crippen molar-refractivity contribution in [3.8, 4) is 23.1 Å². The third-order valence-electron chi connectivity index (χ3n) is 4.72. The highest BCUT2D eigenvalue weighted by Gasteiger charge is 2.16. The standard InChI is InChI=1S/C23H19FN8O3/c1-2-4-15-5-3-6-16(22(15)33)13-28-32(23(25)34)17-7-8-20(19(24)11-17)35-18-9-10-26-21(12-18)31-14-27-29-30-31/h2-3,5-14,33H,1,4H2,(H2,25,34)/b28-13+. The van der Waals surface area contributed by atoms with Crippen LogP contribution in [0.15, 0.2) is 78.8 Å². The fraction of sp³-hybridized carbons (Fsp3) is 0.0435. The molecule has 0 radical (unpaired) electrons. The van der Waals surface area contributed by atoms with Crippen LogP contribution in [0.4, 0.5) is 14.9 Å². The molecule has 0 saturated heterocycles. The lowest BCUT2D eigenvalue weighted by Gasteiger charge is -2.16. The number of primary amides is 1. The number of rotatable bonds is 8. The van der Waals surface area contributed by atoms with E-state index in [2.05, 4.69) is 32.2 Å². The number of urea groups is 1. The average Bonchev–Trinajstić information content (AvgIpc) is 3.38. The van der Waals surface area contributed by atoms with Gasteiger partial charge in [0.1, 0.15) is 17.8 Å². The number of hydrazone groups is 1. The first-order valence-electron chi connectivity index (χ1n) is 10.2. The average molecular weight is 474 g/mol. The molecule has 0 aliphatic rings. The molecule has 0 aliphatic heterocycles. The highest BCUT2D eigenvalue weighted by atomic mass is 19.1. The predicted octanol–water partition coefficient (Wildman–Crippen LogP) is 3.34. The van der Waals surface area contributed by atoms with E-state index in [-0.39, 0.29) is 22.9 Å². The largest absolute Gasteiger partial charge is 0.507 e. The lowest BCUT2D eigenvalue weighted by Crippen LogP contribution is -2.31. The van der Waals surface area contributed by atoms with Crippen LogP contribution in [0, 0.1) is 5.82 Å². The van der Waals surface area contributed by atoms with Crippen LogP contribution in [0.1, 0.15) is 11.1 Å². The fourth-order valence-corrected chi connectivity index (χ4v) is 3.09. The Hall–Kier alpha value is -5.13. The van der Waals surface area contributed by atoms with Crippen molar-refractivity contribution < 1.29 is 19.0 Å². The molecule has 4 rings (SSSR count). The number of nitrogens with two attached hydrogens (primary N) is 1. The number of carbonyl (C=O) groups is 1. The molecular weight excluding hydrogens is 455 g/mol. The van der Waals surface area contributed by atoms with Gasteiger partial charge in [-0.2, -0.15) is 14.8 Å². The van der Waals surface area contributed by atoms with Gasteiger partial charge in [0.2, 0.25) is 0 Å². The van der Waals surface area contributed by atoms with Crippen molar-refractivity contribution in [2.24, 2.45) is 10.8 Å². The summed E-state index contributed by atoms with van der Waals surface area (Å²) in [5.41, 5.74) is 6.50. The van der Waals surface area contributed by atoms with E-state index in [9.17, 15) is 14.3 Å². The van der Waals surface area contributed by atoms with Gasteiger partial charge in [0.05, 0.1) is 11.9 Å². The van der Waals surface area contributed by atoms with Gasteiger partial charge in [0, 0.05) is 23.9 Å². The van der Waals surface area contributed by atoms with Crippen LogP contribution < -0.4 is 15.5 Å². The summed E-state index contributed by atoms with van der Waals surface area (Å²) in [6.07, 6.45) is 6.18. The Bertz CT molecular complexity index is 1390. The summed E-state index contributed by atoms with van der Waals surface area (Å²) in [5.74, 6) is -0.212. The second-order valence-corrected chi connectivity index (χ2v) is 7.06. The Kier molecular flexibility index (Phi) is 6.72. The monoisotopic (exact) mass is 474 g/mol. The van der Waals surface area contributed by atoms with Crippen molar-refractivity contribution in [1.29, 1.82) is 0 Å². The number of benzene rings is 2. The van der Waals surface area contributed by atoms with Crippen LogP contribution in [-0.2, 0) is 6.42 Å². The Morgan fingerprint density at radius 1 is 1.29 bits per heavy atom. The molecule has 2 heterocycles. The highest BCUT2D eigenvalue weighted by Crippen LogP contribution is 2.29. The molecule has 0 fully saturated rings. The van der Waals surface area contributed by atoms with Crippen LogP contribution in [0.25, 0.3) is 5.82 Å². The maximum absolute atomic E-state index is 14.8. The molecule has 2 amide bonds. The van der Waals surface area contributed by atoms with E-state index in [0.29, 0.717) is 23.4 Å². The minimum absolute atomic E-state index is 0.00565. The van der Waals surface area contributed by atoms with Gasteiger partial charge in [0.15, 0.2) is 17.4 Å². The summed E-state index contributed by atoms with van der Waals surface area (Å²) in [6.45, 7) is 3.65. The second kappa shape index (κ2) is 10.2. The van der Waals surface area contributed by atoms with E-state index < -0.39 is 11.8 Å². The minimum atomic E-state index is -0.948. The summed E-state index contributed by atoms with van der Waals surface area (Å²) < 4.78 is 21.8. The number of anilines is 1. The van der Waals surface area contributed by atoms with E-state index >= 15 is 0 Å². The highest BCUT2D eigenvalue weighted by molar-refractivity contribution is 5.93. The smallest absolute Gasteiger partial charge is 0.340 e. The number of pyridine rings is 1. The van der Waals surface area contributed by atoms with Gasteiger partial charge in [-0.25, -0.2) is 14.2 Å². The number of aromatic hydroxyl groups is 1. The molecule has 4 aromatic rings. The number of amides is 2. The third kappa shape index (κ3) is 5.27. The summed E-state index contributed by atoms with van der Waals surface area (Å²) in [4.78, 5) is 16.1. The first kappa shape index (κ1) is 23.0. The number of tetrazole rings is 1. The van der Waals surface area contributed by atoms with Crippen molar-refractivity contribution in [2.45, 2.75) is 6.42 Å². The van der Waals surface area contributed by atoms with Gasteiger partial charge < -0.3 is 15.6 Å². The van der Waals surface area contributed by atoms with Crippen molar-refractivity contribution in [3.05, 3.63) is 90.7 Å². The number of ether oxygens (including phenoxy) is 1. The van der Waals surface area contributed by atoms with Crippen LogP contribution >= 0.6 is 0 Å². The van der Waals surface area contributed by atoms with E-state index in [1.165, 1.54) is 47.7 Å². The first-order chi connectivity index (χ1) is 17.0. The van der Waals surface area contributed by atoms with E-state index in [4.69, 9.17) is 10.5 Å². The lowest BCUT2D eigenvalue weighted by atomic mass is 10.1. The summed E-state index contributed by atoms with van der Waals surface area (Å²) in [5, 5.41) is 26.0. The van der Waals surface area contributed by atoms with Gasteiger partial charge in [-0.05, 0) is 46.7 Å². The zero-order valence-corrected chi connectivity index (χ0v) is 18.2. The fourth-order valence-electron chi connectivity index (χ4n) is 3.09. The molecule has 176 valence electrons. The Morgan fingerprint density at radius 3 is 2.86 bits per heavy atom. The van der Waals surface area contributed by atoms with Crippen molar-refractivity contribution in [2.75, 3.05) is 5.01 Å². The van der Waals surface area contributed by atoms with E-state index in [1.807, 2.05) is 0 Å². The molecule has 0 saturated carbocycles. The second-order valence-electron chi connectivity index (χ2n) is 7.06. The molecule has 0 unspecified atom stereocenters. The van der Waals surface area contributed by atoms with Gasteiger partial charge in [-0.1, -0.05) is 18.2 Å². The molecule has 35 heavy (non-hydrogen) atoms. The number of phenolic OH excluding ortho intramolecular Hbond substituents is 1. The SMILES string of the molecule is C=CCc1cccc(/C=N/N(C(N)=O)c2ccc(Oc3ccnc(-n4cnnn4)c3)c(F)c2)c1O. The zero-order valence-electron chi connectivity index (χ0n) is 18.2. The zero-order chi connectivity index (χ0) is 24.8. The normalized spacial score (nSPS) is 10.9. The Morgan fingerprint density at radius 2 is 2.14 bits per heavy atom. The van der Waals surface area contributed by atoms with Gasteiger partial charge in [-0.3, -0.25) is 0 Å². The molecule has 3 N–H and O–H groups in total. The predicted molar refractivity (Wildman–Crippen MR) is 125 cm³/mol. The minimum Gasteiger partial charge on any atom is -0.507 e. The molecule has 0 aliphatic carbocycles. The maximum atomic E-state index is 14.8. The number of phenols is 1. The van der Waals surface area contributed by atoms with Gasteiger partial charge in [-0.15, -0.1) is 11.7 Å². The van der Waals surface area contributed by atoms with Crippen LogP contribution in [0.3, 0.4) is 0 Å². The van der Waals surface area contributed by atoms with E-state index in [0.717, 1.165) is 11.1 Å². The molecule has 0 spiro atoms. The number of hydrogen-bond donors (Lipinski definition) is 2. The molecular formula is C23H19FN8O3. The van der Waals surface area contributed by atoms with Crippen LogP contribution in [0.2, 0.25) is 0 Å². The van der Waals surface area contributed by atoms with Crippen LogP contribution in [-0.4, -0.2) is 42.5 Å². The van der Waals surface area contributed by atoms with Crippen molar-refractivity contribution >= 4 is 17.9 Å². The quantitative estimate of drug-likeness (QED) is 0.226. The maximum Gasteiger partial charge on any atom is 0.340 e. The third-order valence-corrected chi connectivity index (χ3v) is 4.72. The first-order valence-corrected chi connectivity index (χ1v) is 10.2. The number of hydrogen-bond acceptors (Lipinski definition) is 8. The molecule has 11 nitrogen and oxygen atoms in total.